The molecule has 2 nitrogen and oxygen atoms in total. The van der Waals surface area contributed by atoms with Gasteiger partial charge in [0, 0.05) is 18.4 Å². The minimum atomic E-state index is 0.760. The standard InChI is InChI=1S/C11H15NO/c1-3-6-12-7-4-5-11(12)8-10(2)9-13/h4-5,7-9H,3,6H2,1-2H3. The van der Waals surface area contributed by atoms with Gasteiger partial charge in [-0.3, -0.25) is 4.79 Å². The summed E-state index contributed by atoms with van der Waals surface area (Å²) in [6.45, 7) is 4.96. The summed E-state index contributed by atoms with van der Waals surface area (Å²) in [5, 5.41) is 0. The van der Waals surface area contributed by atoms with Gasteiger partial charge in [-0.15, -0.1) is 0 Å². The van der Waals surface area contributed by atoms with Crippen LogP contribution in [0.1, 0.15) is 26.0 Å². The number of aldehydes is 1. The van der Waals surface area contributed by atoms with Gasteiger partial charge in [-0.25, -0.2) is 0 Å². The van der Waals surface area contributed by atoms with Gasteiger partial charge in [-0.1, -0.05) is 6.92 Å². The van der Waals surface area contributed by atoms with Gasteiger partial charge in [-0.2, -0.15) is 0 Å². The fourth-order valence-corrected chi connectivity index (χ4v) is 1.27. The van der Waals surface area contributed by atoms with Crippen molar-refractivity contribution in [3.8, 4) is 0 Å². The molecule has 0 aliphatic rings. The van der Waals surface area contributed by atoms with Crippen LogP contribution in [0.4, 0.5) is 0 Å². The molecular weight excluding hydrogens is 162 g/mol. The van der Waals surface area contributed by atoms with Crippen LogP contribution in [-0.2, 0) is 11.3 Å². The predicted octanol–water partition coefficient (Wildman–Crippen LogP) is 2.50. The number of aryl methyl sites for hydroxylation is 1. The monoisotopic (exact) mass is 177 g/mol. The first kappa shape index (κ1) is 9.78. The van der Waals surface area contributed by atoms with Crippen LogP contribution in [0, 0.1) is 0 Å². The summed E-state index contributed by atoms with van der Waals surface area (Å²) in [7, 11) is 0. The van der Waals surface area contributed by atoms with Crippen molar-refractivity contribution in [2.75, 3.05) is 0 Å². The van der Waals surface area contributed by atoms with Gasteiger partial charge in [0.25, 0.3) is 0 Å². The van der Waals surface area contributed by atoms with Gasteiger partial charge < -0.3 is 4.57 Å². The van der Waals surface area contributed by atoms with Gasteiger partial charge in [0.15, 0.2) is 0 Å². The molecule has 2 heteroatoms. The molecule has 0 bridgehead atoms. The normalized spacial score (nSPS) is 11.7. The van der Waals surface area contributed by atoms with E-state index in [1.165, 1.54) is 0 Å². The van der Waals surface area contributed by atoms with E-state index < -0.39 is 0 Å². The number of nitrogens with zero attached hydrogens (tertiary/aromatic N) is 1. The Labute approximate surface area is 78.9 Å². The average molecular weight is 177 g/mol. The first-order valence-electron chi connectivity index (χ1n) is 4.56. The molecule has 0 N–H and O–H groups in total. The van der Waals surface area contributed by atoms with Crippen molar-refractivity contribution >= 4 is 12.4 Å². The lowest BCUT2D eigenvalue weighted by Crippen LogP contribution is -1.97. The Balaban J connectivity index is 2.87. The van der Waals surface area contributed by atoms with Crippen LogP contribution < -0.4 is 0 Å². The Bertz CT molecular complexity index is 310. The van der Waals surface area contributed by atoms with Crippen molar-refractivity contribution in [1.82, 2.24) is 4.57 Å². The fourth-order valence-electron chi connectivity index (χ4n) is 1.27. The van der Waals surface area contributed by atoms with Crippen LogP contribution in [0.25, 0.3) is 6.08 Å². The van der Waals surface area contributed by atoms with Crippen LogP contribution in [0.3, 0.4) is 0 Å². The Kier molecular flexibility index (Phi) is 3.50. The topological polar surface area (TPSA) is 22.0 Å². The van der Waals surface area contributed by atoms with E-state index in [9.17, 15) is 4.79 Å². The van der Waals surface area contributed by atoms with Gasteiger partial charge in [-0.05, 0) is 37.1 Å². The summed E-state index contributed by atoms with van der Waals surface area (Å²) >= 11 is 0. The second kappa shape index (κ2) is 4.65. The zero-order chi connectivity index (χ0) is 9.68. The molecular formula is C11H15NO. The van der Waals surface area contributed by atoms with Crippen LogP contribution in [0.2, 0.25) is 0 Å². The summed E-state index contributed by atoms with van der Waals surface area (Å²) < 4.78 is 2.15. The fraction of sp³-hybridized carbons (Fsp3) is 0.364. The third kappa shape index (κ3) is 2.58. The van der Waals surface area contributed by atoms with E-state index in [0.717, 1.165) is 30.5 Å². The molecule has 1 heterocycles. The summed E-state index contributed by atoms with van der Waals surface area (Å²) in [4.78, 5) is 10.4. The summed E-state index contributed by atoms with van der Waals surface area (Å²) in [6.07, 6.45) is 5.93. The summed E-state index contributed by atoms with van der Waals surface area (Å²) in [6, 6.07) is 4.02. The lowest BCUT2D eigenvalue weighted by atomic mass is 10.2. The molecule has 0 fully saturated rings. The van der Waals surface area contributed by atoms with E-state index in [4.69, 9.17) is 0 Å². The first-order chi connectivity index (χ1) is 6.27. The Hall–Kier alpha value is -1.31. The van der Waals surface area contributed by atoms with Crippen LogP contribution in [0.5, 0.6) is 0 Å². The maximum absolute atomic E-state index is 10.4. The number of carbonyl (C=O) groups is 1. The van der Waals surface area contributed by atoms with Crippen LogP contribution in [0.15, 0.2) is 23.9 Å². The highest BCUT2D eigenvalue weighted by Crippen LogP contribution is 2.07. The van der Waals surface area contributed by atoms with E-state index in [0.29, 0.717) is 0 Å². The van der Waals surface area contributed by atoms with Gasteiger partial charge >= 0.3 is 0 Å². The van der Waals surface area contributed by atoms with Gasteiger partial charge in [0.1, 0.15) is 6.29 Å². The quantitative estimate of drug-likeness (QED) is 0.511. The van der Waals surface area contributed by atoms with E-state index >= 15 is 0 Å². The number of hydrogen-bond acceptors (Lipinski definition) is 1. The number of allylic oxidation sites excluding steroid dienone is 1. The van der Waals surface area contributed by atoms with Crippen molar-refractivity contribution in [3.63, 3.8) is 0 Å². The molecule has 1 aromatic heterocycles. The molecule has 0 aromatic carbocycles. The van der Waals surface area contributed by atoms with Crippen LogP contribution >= 0.6 is 0 Å². The van der Waals surface area contributed by atoms with Gasteiger partial charge in [0.2, 0.25) is 0 Å². The average Bonchev–Trinajstić information content (AvgIpc) is 2.54. The largest absolute Gasteiger partial charge is 0.348 e. The van der Waals surface area contributed by atoms with E-state index in [1.54, 1.807) is 0 Å². The predicted molar refractivity (Wildman–Crippen MR) is 54.4 cm³/mol. The lowest BCUT2D eigenvalue weighted by Gasteiger charge is -2.03. The molecule has 0 radical (unpaired) electrons. The first-order valence-corrected chi connectivity index (χ1v) is 4.56. The minimum Gasteiger partial charge on any atom is -0.348 e. The van der Waals surface area contributed by atoms with Crippen molar-refractivity contribution in [2.24, 2.45) is 0 Å². The van der Waals surface area contributed by atoms with E-state index in [-0.39, 0.29) is 0 Å². The molecule has 0 atom stereocenters. The molecule has 70 valence electrons. The Morgan fingerprint density at radius 1 is 1.62 bits per heavy atom. The number of rotatable bonds is 4. The second-order valence-electron chi connectivity index (χ2n) is 3.13. The van der Waals surface area contributed by atoms with Gasteiger partial charge in [0.05, 0.1) is 0 Å². The molecule has 0 aliphatic carbocycles. The highest BCUT2D eigenvalue weighted by atomic mass is 16.1. The SMILES string of the molecule is CCCn1cccc1C=C(C)C=O. The molecule has 13 heavy (non-hydrogen) atoms. The highest BCUT2D eigenvalue weighted by Gasteiger charge is 1.96. The van der Waals surface area contributed by atoms with Crippen molar-refractivity contribution < 1.29 is 4.79 Å². The molecule has 0 saturated carbocycles. The highest BCUT2D eigenvalue weighted by molar-refractivity contribution is 5.80. The zero-order valence-corrected chi connectivity index (χ0v) is 8.16. The van der Waals surface area contributed by atoms with Crippen molar-refractivity contribution in [3.05, 3.63) is 29.6 Å². The van der Waals surface area contributed by atoms with E-state index in [2.05, 4.69) is 11.5 Å². The maximum atomic E-state index is 10.4. The smallest absolute Gasteiger partial charge is 0.145 e. The lowest BCUT2D eigenvalue weighted by molar-refractivity contribution is -0.104. The number of carbonyl (C=O) groups excluding carboxylic acids is 1. The van der Waals surface area contributed by atoms with Crippen LogP contribution in [-0.4, -0.2) is 10.9 Å². The third-order valence-electron chi connectivity index (χ3n) is 1.89. The van der Waals surface area contributed by atoms with Crippen molar-refractivity contribution in [1.29, 1.82) is 0 Å². The molecule has 0 spiro atoms. The molecule has 1 aromatic rings. The van der Waals surface area contributed by atoms with E-state index in [1.807, 2.05) is 31.3 Å². The summed E-state index contributed by atoms with van der Waals surface area (Å²) in [5.74, 6) is 0. The molecule has 0 unspecified atom stereocenters. The second-order valence-corrected chi connectivity index (χ2v) is 3.13. The zero-order valence-electron chi connectivity index (χ0n) is 8.16. The Morgan fingerprint density at radius 2 is 2.38 bits per heavy atom. The van der Waals surface area contributed by atoms with Crippen molar-refractivity contribution in [2.45, 2.75) is 26.8 Å². The third-order valence-corrected chi connectivity index (χ3v) is 1.89. The maximum Gasteiger partial charge on any atom is 0.145 e. The molecule has 1 rings (SSSR count). The molecule has 0 amide bonds. The summed E-state index contributed by atoms with van der Waals surface area (Å²) in [5.41, 5.74) is 1.86. The minimum absolute atomic E-state index is 0.760. The Morgan fingerprint density at radius 3 is 3.00 bits per heavy atom. The number of hydrogen-bond donors (Lipinski definition) is 0. The number of aromatic nitrogens is 1. The molecule has 0 aliphatic heterocycles. The molecule has 0 saturated heterocycles.